The lowest BCUT2D eigenvalue weighted by molar-refractivity contribution is -0.128. The summed E-state index contributed by atoms with van der Waals surface area (Å²) in [6, 6.07) is 1.87. The van der Waals surface area contributed by atoms with E-state index in [1.54, 1.807) is 11.9 Å². The number of rotatable bonds is 3. The Hall–Kier alpha value is -2.11. The van der Waals surface area contributed by atoms with Gasteiger partial charge in [0.25, 0.3) is 5.56 Å². The average molecular weight is 277 g/mol. The number of nitrogens with zero attached hydrogens (tertiary/aromatic N) is 1. The summed E-state index contributed by atoms with van der Waals surface area (Å²) in [5, 5.41) is 2.75. The number of likely N-dealkylation sites (tertiary alicyclic amines) is 1. The van der Waals surface area contributed by atoms with Gasteiger partial charge in [-0.25, -0.2) is 0 Å². The summed E-state index contributed by atoms with van der Waals surface area (Å²) < 4.78 is 0. The Labute approximate surface area is 117 Å². The molecule has 0 aromatic carbocycles. The van der Waals surface area contributed by atoms with Gasteiger partial charge in [-0.05, 0) is 25.5 Å². The fourth-order valence-corrected chi connectivity index (χ4v) is 2.46. The van der Waals surface area contributed by atoms with Gasteiger partial charge in [0.2, 0.25) is 11.8 Å². The van der Waals surface area contributed by atoms with Gasteiger partial charge in [0.05, 0.1) is 5.92 Å². The van der Waals surface area contributed by atoms with Crippen molar-refractivity contribution in [2.75, 3.05) is 13.6 Å². The van der Waals surface area contributed by atoms with Crippen LogP contribution < -0.4 is 10.9 Å². The van der Waals surface area contributed by atoms with Crippen LogP contribution in [0.2, 0.25) is 0 Å². The van der Waals surface area contributed by atoms with Crippen LogP contribution in [-0.4, -0.2) is 35.3 Å². The van der Waals surface area contributed by atoms with Crippen molar-refractivity contribution < 1.29 is 9.59 Å². The molecule has 2 rings (SSSR count). The third-order valence-electron chi connectivity index (χ3n) is 3.65. The quantitative estimate of drug-likeness (QED) is 0.821. The van der Waals surface area contributed by atoms with Crippen LogP contribution in [0.15, 0.2) is 10.9 Å². The highest BCUT2D eigenvalue weighted by atomic mass is 16.2. The molecular weight excluding hydrogens is 258 g/mol. The van der Waals surface area contributed by atoms with Gasteiger partial charge in [-0.15, -0.1) is 0 Å². The van der Waals surface area contributed by atoms with Crippen LogP contribution in [0.5, 0.6) is 0 Å². The van der Waals surface area contributed by atoms with Crippen molar-refractivity contribution in [1.29, 1.82) is 0 Å². The average Bonchev–Trinajstić information content (AvgIpc) is 2.68. The number of carbonyl (C=O) groups is 2. The van der Waals surface area contributed by atoms with E-state index < -0.39 is 0 Å². The minimum Gasteiger partial charge on any atom is -0.351 e. The maximum atomic E-state index is 12.0. The summed E-state index contributed by atoms with van der Waals surface area (Å²) in [5.74, 6) is -0.520. The first kappa shape index (κ1) is 14.3. The number of nitrogens with one attached hydrogen (secondary N) is 2. The van der Waals surface area contributed by atoms with Crippen LogP contribution in [0.1, 0.15) is 23.2 Å². The zero-order valence-corrected chi connectivity index (χ0v) is 11.9. The van der Waals surface area contributed by atoms with E-state index in [0.29, 0.717) is 12.1 Å². The molecule has 6 heteroatoms. The summed E-state index contributed by atoms with van der Waals surface area (Å²) >= 11 is 0. The molecule has 108 valence electrons. The molecule has 1 fully saturated rings. The lowest BCUT2D eigenvalue weighted by atomic mass is 10.1. The monoisotopic (exact) mass is 277 g/mol. The normalized spacial score (nSPS) is 18.4. The minimum atomic E-state index is -0.322. The van der Waals surface area contributed by atoms with Gasteiger partial charge in [-0.1, -0.05) is 0 Å². The summed E-state index contributed by atoms with van der Waals surface area (Å²) in [4.78, 5) is 39.5. The summed E-state index contributed by atoms with van der Waals surface area (Å²) in [7, 11) is 1.68. The second-order valence-electron chi connectivity index (χ2n) is 5.34. The van der Waals surface area contributed by atoms with E-state index in [9.17, 15) is 14.4 Å². The Morgan fingerprint density at radius 3 is 2.70 bits per heavy atom. The summed E-state index contributed by atoms with van der Waals surface area (Å²) in [5.41, 5.74) is 2.03. The van der Waals surface area contributed by atoms with Crippen LogP contribution in [0.3, 0.4) is 0 Å². The van der Waals surface area contributed by atoms with E-state index in [2.05, 4.69) is 10.3 Å². The molecule has 1 aliphatic rings. The maximum Gasteiger partial charge on any atom is 0.253 e. The smallest absolute Gasteiger partial charge is 0.253 e. The number of aromatic amines is 1. The van der Waals surface area contributed by atoms with Crippen molar-refractivity contribution in [3.05, 3.63) is 33.2 Å². The SMILES string of the molecule is Cc1cc(C)c(CNC(=O)[C@@H]2CC(=O)N(C)C2)c(=O)[nH]1. The molecule has 2 heterocycles. The van der Waals surface area contributed by atoms with Crippen molar-refractivity contribution in [2.45, 2.75) is 26.8 Å². The zero-order chi connectivity index (χ0) is 14.9. The van der Waals surface area contributed by atoms with Gasteiger partial charge in [-0.3, -0.25) is 14.4 Å². The van der Waals surface area contributed by atoms with Crippen molar-refractivity contribution in [1.82, 2.24) is 15.2 Å². The predicted molar refractivity (Wildman–Crippen MR) is 74.1 cm³/mol. The van der Waals surface area contributed by atoms with Gasteiger partial charge in [-0.2, -0.15) is 0 Å². The van der Waals surface area contributed by atoms with Gasteiger partial charge in [0.15, 0.2) is 0 Å². The standard InChI is InChI=1S/C14H19N3O3/c1-8-4-9(2)16-14(20)11(8)6-15-13(19)10-5-12(18)17(3)7-10/h4,10H,5-7H2,1-3H3,(H,15,19)(H,16,20)/t10-/m1/s1. The highest BCUT2D eigenvalue weighted by Crippen LogP contribution is 2.16. The van der Waals surface area contributed by atoms with Gasteiger partial charge >= 0.3 is 0 Å². The first-order valence-electron chi connectivity index (χ1n) is 6.59. The summed E-state index contributed by atoms with van der Waals surface area (Å²) in [6.45, 7) is 4.29. The molecule has 1 saturated heterocycles. The van der Waals surface area contributed by atoms with E-state index in [0.717, 1.165) is 11.3 Å². The van der Waals surface area contributed by atoms with Gasteiger partial charge < -0.3 is 15.2 Å². The second kappa shape index (κ2) is 5.48. The van der Waals surface area contributed by atoms with E-state index in [4.69, 9.17) is 0 Å². The van der Waals surface area contributed by atoms with Crippen molar-refractivity contribution in [3.8, 4) is 0 Å². The van der Waals surface area contributed by atoms with Crippen molar-refractivity contribution in [3.63, 3.8) is 0 Å². The molecule has 6 nitrogen and oxygen atoms in total. The number of aromatic nitrogens is 1. The molecule has 1 atom stereocenters. The molecule has 0 radical (unpaired) electrons. The van der Waals surface area contributed by atoms with Crippen molar-refractivity contribution >= 4 is 11.8 Å². The van der Waals surface area contributed by atoms with E-state index in [-0.39, 0.29) is 36.3 Å². The number of hydrogen-bond donors (Lipinski definition) is 2. The second-order valence-corrected chi connectivity index (χ2v) is 5.34. The van der Waals surface area contributed by atoms with Crippen LogP contribution >= 0.6 is 0 Å². The molecule has 1 aliphatic heterocycles. The molecule has 0 spiro atoms. The van der Waals surface area contributed by atoms with Crippen LogP contribution in [0.25, 0.3) is 0 Å². The Bertz CT molecular complexity index is 606. The fourth-order valence-electron chi connectivity index (χ4n) is 2.46. The van der Waals surface area contributed by atoms with E-state index in [1.165, 1.54) is 0 Å². The van der Waals surface area contributed by atoms with Crippen molar-refractivity contribution in [2.24, 2.45) is 5.92 Å². The lowest BCUT2D eigenvalue weighted by Gasteiger charge is -2.12. The van der Waals surface area contributed by atoms with Crippen LogP contribution in [-0.2, 0) is 16.1 Å². The number of amides is 2. The minimum absolute atomic E-state index is 0.0190. The molecule has 2 N–H and O–H groups in total. The third-order valence-corrected chi connectivity index (χ3v) is 3.65. The fraction of sp³-hybridized carbons (Fsp3) is 0.500. The summed E-state index contributed by atoms with van der Waals surface area (Å²) in [6.07, 6.45) is 0.242. The third kappa shape index (κ3) is 2.89. The Balaban J connectivity index is 2.01. The van der Waals surface area contributed by atoms with Crippen LogP contribution in [0.4, 0.5) is 0 Å². The molecule has 0 unspecified atom stereocenters. The number of carbonyl (C=O) groups excluding carboxylic acids is 2. The maximum absolute atomic E-state index is 12.0. The first-order valence-corrected chi connectivity index (χ1v) is 6.59. The number of aryl methyl sites for hydroxylation is 2. The van der Waals surface area contributed by atoms with Gasteiger partial charge in [0.1, 0.15) is 0 Å². The topological polar surface area (TPSA) is 82.3 Å². The van der Waals surface area contributed by atoms with Gasteiger partial charge in [0, 0.05) is 37.8 Å². The Morgan fingerprint density at radius 2 is 2.15 bits per heavy atom. The molecule has 2 amide bonds. The molecule has 1 aromatic heterocycles. The highest BCUT2D eigenvalue weighted by molar-refractivity contribution is 5.89. The largest absolute Gasteiger partial charge is 0.351 e. The number of H-pyrrole nitrogens is 1. The van der Waals surface area contributed by atoms with Crippen LogP contribution in [0, 0.1) is 19.8 Å². The number of pyridine rings is 1. The number of hydrogen-bond acceptors (Lipinski definition) is 3. The lowest BCUT2D eigenvalue weighted by Crippen LogP contribution is -2.33. The first-order chi connectivity index (χ1) is 9.38. The highest BCUT2D eigenvalue weighted by Gasteiger charge is 2.31. The van der Waals surface area contributed by atoms with E-state index in [1.807, 2.05) is 19.9 Å². The molecule has 20 heavy (non-hydrogen) atoms. The molecule has 1 aromatic rings. The molecule has 0 bridgehead atoms. The Morgan fingerprint density at radius 1 is 1.45 bits per heavy atom. The Kier molecular flexibility index (Phi) is 3.92. The molecule has 0 saturated carbocycles. The molecule has 0 aliphatic carbocycles. The molecular formula is C14H19N3O3. The van der Waals surface area contributed by atoms with E-state index >= 15 is 0 Å². The zero-order valence-electron chi connectivity index (χ0n) is 11.9. The predicted octanol–water partition coefficient (Wildman–Crippen LogP) is 0.0862.